The molecular formula is C36H39N3O3. The Morgan fingerprint density at radius 2 is 1.60 bits per heavy atom. The first-order chi connectivity index (χ1) is 20.2. The molecule has 6 heteroatoms. The van der Waals surface area contributed by atoms with Crippen molar-refractivity contribution in [2.75, 3.05) is 5.73 Å². The number of nitrogens with zero attached hydrogens (tertiary/aromatic N) is 2. The highest BCUT2D eigenvalue weighted by Gasteiger charge is 2.21. The second-order valence-corrected chi connectivity index (χ2v) is 11.6. The Hall–Kier alpha value is -4.58. The van der Waals surface area contributed by atoms with Crippen LogP contribution in [-0.2, 0) is 24.3 Å². The third-order valence-electron chi connectivity index (χ3n) is 7.12. The third kappa shape index (κ3) is 6.65. The SMILES string of the molecule is CCCCc1nc2c(OCc3ccccc3)c(N)ccc2n1Cc1ccc(-c2ccccc2C(=O)OC(C)(C)C)cc1. The first-order valence-corrected chi connectivity index (χ1v) is 14.6. The van der Waals surface area contributed by atoms with Crippen LogP contribution in [0, 0.1) is 0 Å². The van der Waals surface area contributed by atoms with Gasteiger partial charge in [-0.25, -0.2) is 9.78 Å². The molecule has 0 aliphatic carbocycles. The first kappa shape index (κ1) is 28.9. The Morgan fingerprint density at radius 3 is 2.31 bits per heavy atom. The number of ether oxygens (including phenoxy) is 2. The second kappa shape index (κ2) is 12.5. The van der Waals surface area contributed by atoms with Crippen molar-refractivity contribution in [3.05, 3.63) is 114 Å². The number of hydrogen-bond acceptors (Lipinski definition) is 5. The Labute approximate surface area is 248 Å². The molecule has 0 atom stereocenters. The van der Waals surface area contributed by atoms with Crippen molar-refractivity contribution >= 4 is 22.7 Å². The predicted molar refractivity (Wildman–Crippen MR) is 170 cm³/mol. The van der Waals surface area contributed by atoms with E-state index >= 15 is 0 Å². The van der Waals surface area contributed by atoms with Crippen LogP contribution in [0.3, 0.4) is 0 Å². The number of imidazole rings is 1. The van der Waals surface area contributed by atoms with Crippen LogP contribution >= 0.6 is 0 Å². The largest absolute Gasteiger partial charge is 0.484 e. The minimum Gasteiger partial charge on any atom is -0.484 e. The zero-order valence-corrected chi connectivity index (χ0v) is 24.9. The van der Waals surface area contributed by atoms with Gasteiger partial charge in [-0.05, 0) is 67.6 Å². The number of hydrogen-bond donors (Lipinski definition) is 1. The zero-order valence-electron chi connectivity index (χ0n) is 24.9. The molecule has 216 valence electrons. The van der Waals surface area contributed by atoms with E-state index < -0.39 is 5.60 Å². The molecule has 6 nitrogen and oxygen atoms in total. The number of carbonyl (C=O) groups excluding carboxylic acids is 1. The maximum Gasteiger partial charge on any atom is 0.339 e. The lowest BCUT2D eigenvalue weighted by Gasteiger charge is -2.20. The topological polar surface area (TPSA) is 79.4 Å². The molecule has 0 amide bonds. The Morgan fingerprint density at radius 1 is 0.881 bits per heavy atom. The number of rotatable bonds is 10. The van der Waals surface area contributed by atoms with Crippen LogP contribution in [-0.4, -0.2) is 21.1 Å². The molecule has 0 saturated carbocycles. The van der Waals surface area contributed by atoms with E-state index in [4.69, 9.17) is 20.2 Å². The fraction of sp³-hybridized carbons (Fsp3) is 0.278. The number of esters is 1. The molecule has 4 aromatic carbocycles. The molecule has 5 aromatic rings. The average molecular weight is 562 g/mol. The predicted octanol–water partition coefficient (Wildman–Crippen LogP) is 8.21. The molecule has 2 N–H and O–H groups in total. The fourth-order valence-corrected chi connectivity index (χ4v) is 5.03. The molecule has 42 heavy (non-hydrogen) atoms. The highest BCUT2D eigenvalue weighted by atomic mass is 16.6. The maximum atomic E-state index is 12.9. The van der Waals surface area contributed by atoms with Crippen molar-refractivity contribution in [1.29, 1.82) is 0 Å². The molecular weight excluding hydrogens is 522 g/mol. The van der Waals surface area contributed by atoms with Crippen molar-refractivity contribution in [2.24, 2.45) is 0 Å². The third-order valence-corrected chi connectivity index (χ3v) is 7.12. The second-order valence-electron chi connectivity index (χ2n) is 11.6. The quantitative estimate of drug-likeness (QED) is 0.137. The van der Waals surface area contributed by atoms with Crippen LogP contribution in [0.15, 0.2) is 91.0 Å². The molecule has 0 aliphatic rings. The number of unbranched alkanes of at least 4 members (excludes halogenated alkanes) is 1. The summed E-state index contributed by atoms with van der Waals surface area (Å²) in [6, 6.07) is 30.0. The maximum absolute atomic E-state index is 12.9. The van der Waals surface area contributed by atoms with Gasteiger partial charge in [-0.3, -0.25) is 0 Å². The molecule has 1 heterocycles. The summed E-state index contributed by atoms with van der Waals surface area (Å²) >= 11 is 0. The Balaban J connectivity index is 1.45. The van der Waals surface area contributed by atoms with Crippen LogP contribution in [0.25, 0.3) is 22.2 Å². The van der Waals surface area contributed by atoms with Crippen molar-refractivity contribution in [3.8, 4) is 16.9 Å². The van der Waals surface area contributed by atoms with Gasteiger partial charge in [0.25, 0.3) is 0 Å². The highest BCUT2D eigenvalue weighted by Crippen LogP contribution is 2.34. The van der Waals surface area contributed by atoms with E-state index in [-0.39, 0.29) is 5.97 Å². The summed E-state index contributed by atoms with van der Waals surface area (Å²) in [4.78, 5) is 18.0. The summed E-state index contributed by atoms with van der Waals surface area (Å²) in [5.74, 6) is 1.32. The molecule has 0 fully saturated rings. The van der Waals surface area contributed by atoms with Gasteiger partial charge in [0, 0.05) is 13.0 Å². The zero-order chi connectivity index (χ0) is 29.7. The number of anilines is 1. The van der Waals surface area contributed by atoms with Crippen LogP contribution in [0.5, 0.6) is 5.75 Å². The lowest BCUT2D eigenvalue weighted by atomic mass is 9.98. The molecule has 5 rings (SSSR count). The number of carbonyl (C=O) groups is 1. The molecule has 0 aliphatic heterocycles. The van der Waals surface area contributed by atoms with Crippen LogP contribution in [0.4, 0.5) is 5.69 Å². The van der Waals surface area contributed by atoms with Gasteiger partial charge in [0.1, 0.15) is 23.5 Å². The van der Waals surface area contributed by atoms with Crippen LogP contribution < -0.4 is 10.5 Å². The average Bonchev–Trinajstić information content (AvgIpc) is 3.32. The number of nitrogens with two attached hydrogens (primary N) is 1. The summed E-state index contributed by atoms with van der Waals surface area (Å²) in [5, 5.41) is 0. The molecule has 0 radical (unpaired) electrons. The molecule has 0 spiro atoms. The van der Waals surface area contributed by atoms with Crippen molar-refractivity contribution in [1.82, 2.24) is 9.55 Å². The van der Waals surface area contributed by atoms with Gasteiger partial charge in [0.05, 0.1) is 16.8 Å². The van der Waals surface area contributed by atoms with Crippen LogP contribution in [0.1, 0.15) is 67.8 Å². The molecule has 0 unspecified atom stereocenters. The normalized spacial score (nSPS) is 11.5. The van der Waals surface area contributed by atoms with E-state index in [0.29, 0.717) is 30.2 Å². The van der Waals surface area contributed by atoms with Gasteiger partial charge in [0.2, 0.25) is 0 Å². The van der Waals surface area contributed by atoms with Gasteiger partial charge in [-0.2, -0.15) is 0 Å². The van der Waals surface area contributed by atoms with Gasteiger partial charge in [-0.1, -0.05) is 86.1 Å². The Kier molecular flexibility index (Phi) is 8.62. The highest BCUT2D eigenvalue weighted by molar-refractivity contribution is 5.97. The summed E-state index contributed by atoms with van der Waals surface area (Å²) in [5.41, 5.74) is 12.8. The molecule has 1 aromatic heterocycles. The number of aryl methyl sites for hydroxylation is 1. The van der Waals surface area contributed by atoms with E-state index in [9.17, 15) is 4.79 Å². The van der Waals surface area contributed by atoms with Gasteiger partial charge in [-0.15, -0.1) is 0 Å². The summed E-state index contributed by atoms with van der Waals surface area (Å²) in [6.45, 7) is 8.91. The van der Waals surface area contributed by atoms with Crippen molar-refractivity contribution < 1.29 is 14.3 Å². The van der Waals surface area contributed by atoms with E-state index in [0.717, 1.165) is 58.4 Å². The standard InChI is InChI=1S/C36H39N3O3/c1-5-6-16-32-38-33-31(22-21-30(37)34(33)41-24-26-12-8-7-9-13-26)39(32)23-25-17-19-27(20-18-25)28-14-10-11-15-29(28)35(40)42-36(2,3)4/h7-15,17-22H,5-6,16,23-24,37H2,1-4H3. The smallest absolute Gasteiger partial charge is 0.339 e. The fourth-order valence-electron chi connectivity index (χ4n) is 5.03. The summed E-state index contributed by atoms with van der Waals surface area (Å²) < 4.78 is 14.2. The van der Waals surface area contributed by atoms with Crippen LogP contribution in [0.2, 0.25) is 0 Å². The molecule has 0 bridgehead atoms. The van der Waals surface area contributed by atoms with E-state index in [1.807, 2.05) is 87.5 Å². The monoisotopic (exact) mass is 561 g/mol. The summed E-state index contributed by atoms with van der Waals surface area (Å²) in [7, 11) is 0. The van der Waals surface area contributed by atoms with E-state index in [2.05, 4.69) is 35.8 Å². The van der Waals surface area contributed by atoms with E-state index in [1.54, 1.807) is 0 Å². The minimum atomic E-state index is -0.561. The number of aromatic nitrogens is 2. The number of nitrogen functional groups attached to an aromatic ring is 1. The van der Waals surface area contributed by atoms with Crippen molar-refractivity contribution in [3.63, 3.8) is 0 Å². The summed E-state index contributed by atoms with van der Waals surface area (Å²) in [6.07, 6.45) is 2.98. The minimum absolute atomic E-state index is 0.322. The number of benzene rings is 4. The van der Waals surface area contributed by atoms with Gasteiger partial charge < -0.3 is 19.8 Å². The number of fused-ring (bicyclic) bond motifs is 1. The Bertz CT molecular complexity index is 1670. The van der Waals surface area contributed by atoms with Crippen molar-refractivity contribution in [2.45, 2.75) is 65.7 Å². The van der Waals surface area contributed by atoms with Gasteiger partial charge >= 0.3 is 5.97 Å². The lowest BCUT2D eigenvalue weighted by molar-refractivity contribution is 0.00704. The van der Waals surface area contributed by atoms with E-state index in [1.165, 1.54) is 0 Å². The lowest BCUT2D eigenvalue weighted by Crippen LogP contribution is -2.24. The first-order valence-electron chi connectivity index (χ1n) is 14.6. The molecule has 0 saturated heterocycles. The van der Waals surface area contributed by atoms with Gasteiger partial charge in [0.15, 0.2) is 5.75 Å².